The van der Waals surface area contributed by atoms with Crippen molar-refractivity contribution in [3.8, 4) is 12.3 Å². The number of hydrogen-bond donors (Lipinski definition) is 0. The van der Waals surface area contributed by atoms with Crippen molar-refractivity contribution in [1.82, 2.24) is 0 Å². The van der Waals surface area contributed by atoms with E-state index in [9.17, 15) is 0 Å². The highest BCUT2D eigenvalue weighted by atomic mass is 15.1. The molecule has 0 radical (unpaired) electrons. The Morgan fingerprint density at radius 2 is 1.74 bits per heavy atom. The van der Waals surface area contributed by atoms with Gasteiger partial charge in [0.2, 0.25) is 5.39 Å². The van der Waals surface area contributed by atoms with Gasteiger partial charge in [0, 0.05) is 35.6 Å². The number of terminal acetylenes is 1. The summed E-state index contributed by atoms with van der Waals surface area (Å²) in [5.41, 5.74) is 4.44. The van der Waals surface area contributed by atoms with Crippen molar-refractivity contribution >= 4 is 17.1 Å². The Hall–Kier alpha value is -2.78. The van der Waals surface area contributed by atoms with Crippen molar-refractivity contribution < 1.29 is 0 Å². The summed E-state index contributed by atoms with van der Waals surface area (Å²) in [6, 6.07) is 13.5. The van der Waals surface area contributed by atoms with Gasteiger partial charge in [0.25, 0.3) is 0 Å². The van der Waals surface area contributed by atoms with Crippen molar-refractivity contribution in [3.05, 3.63) is 58.6 Å². The van der Waals surface area contributed by atoms with Crippen molar-refractivity contribution in [2.45, 2.75) is 6.92 Å². The number of rotatable bonds is 2. The molecule has 3 nitrogen and oxygen atoms in total. The zero-order valence-corrected chi connectivity index (χ0v) is 11.0. The lowest BCUT2D eigenvalue weighted by Gasteiger charge is -2.19. The molecule has 0 aliphatic rings. The highest BCUT2D eigenvalue weighted by molar-refractivity contribution is 5.67. The molecule has 2 rings (SSSR count). The largest absolute Gasteiger partial charge is 0.388 e. The monoisotopic (exact) mass is 248 g/mol. The highest BCUT2D eigenvalue weighted by Gasteiger charge is 2.12. The van der Waals surface area contributed by atoms with Crippen LogP contribution in [0.3, 0.4) is 0 Å². The second-order valence-electron chi connectivity index (χ2n) is 4.32. The van der Waals surface area contributed by atoms with Crippen LogP contribution in [0.1, 0.15) is 11.1 Å². The quantitative estimate of drug-likeness (QED) is 0.588. The second-order valence-corrected chi connectivity index (χ2v) is 4.32. The first-order valence-corrected chi connectivity index (χ1v) is 5.92. The Labute approximate surface area is 113 Å². The number of benzene rings is 2. The lowest BCUT2D eigenvalue weighted by molar-refractivity contribution is 1.20. The molecule has 0 aromatic heterocycles. The first-order valence-electron chi connectivity index (χ1n) is 5.92. The topological polar surface area (TPSA) is 31.4 Å². The van der Waals surface area contributed by atoms with Crippen LogP contribution in [-0.4, -0.2) is 7.05 Å². The molecule has 19 heavy (non-hydrogen) atoms. The van der Waals surface area contributed by atoms with Crippen LogP contribution < -0.4 is 4.90 Å². The van der Waals surface area contributed by atoms with Crippen molar-refractivity contribution in [2.24, 2.45) is 0 Å². The molecule has 0 N–H and O–H groups in total. The molecule has 3 heteroatoms. The maximum Gasteiger partial charge on any atom is 0.388 e. The summed E-state index contributed by atoms with van der Waals surface area (Å²) < 4.78 is 0. The fourth-order valence-electron chi connectivity index (χ4n) is 1.89. The van der Waals surface area contributed by atoms with E-state index in [1.54, 1.807) is 6.07 Å². The van der Waals surface area contributed by atoms with Crippen molar-refractivity contribution in [1.29, 1.82) is 5.39 Å². The summed E-state index contributed by atoms with van der Waals surface area (Å²) in [5, 5.41) is 8.82. The van der Waals surface area contributed by atoms with E-state index in [0.29, 0.717) is 5.69 Å². The SMILES string of the molecule is C#Cc1ccc(N(C)c2ccc([N+]#N)c(C)c2)cc1. The molecule has 0 aliphatic carbocycles. The molecule has 0 unspecified atom stereocenters. The van der Waals surface area contributed by atoms with E-state index < -0.39 is 0 Å². The molecule has 0 bridgehead atoms. The second kappa shape index (κ2) is 5.25. The standard InChI is InChI=1S/C16H14N3/c1-4-13-5-7-14(8-6-13)19(3)15-9-10-16(18-17)12(2)11-15/h1,5-11H,2-3H3/q+1. The lowest BCUT2D eigenvalue weighted by atomic mass is 10.1. The minimum atomic E-state index is 0.583. The zero-order valence-electron chi connectivity index (χ0n) is 11.0. The van der Waals surface area contributed by atoms with Gasteiger partial charge in [0.05, 0.1) is 0 Å². The predicted octanol–water partition coefficient (Wildman–Crippen LogP) is 4.23. The predicted molar refractivity (Wildman–Crippen MR) is 78.4 cm³/mol. The van der Waals surface area contributed by atoms with Crippen molar-refractivity contribution in [3.63, 3.8) is 0 Å². The molecule has 0 atom stereocenters. The fourth-order valence-corrected chi connectivity index (χ4v) is 1.89. The summed E-state index contributed by atoms with van der Waals surface area (Å²) in [4.78, 5) is 5.28. The number of anilines is 2. The van der Waals surface area contributed by atoms with E-state index >= 15 is 0 Å². The van der Waals surface area contributed by atoms with Gasteiger partial charge in [-0.2, -0.15) is 0 Å². The van der Waals surface area contributed by atoms with Gasteiger partial charge in [0.15, 0.2) is 4.98 Å². The van der Waals surface area contributed by atoms with Gasteiger partial charge in [-0.15, -0.1) is 6.42 Å². The van der Waals surface area contributed by atoms with Crippen LogP contribution >= 0.6 is 0 Å². The Morgan fingerprint density at radius 3 is 2.26 bits per heavy atom. The van der Waals surface area contributed by atoms with E-state index in [-0.39, 0.29) is 0 Å². The lowest BCUT2D eigenvalue weighted by Crippen LogP contribution is -2.09. The normalized spacial score (nSPS) is 9.47. The van der Waals surface area contributed by atoms with Crippen LogP contribution in [0.2, 0.25) is 0 Å². The smallest absolute Gasteiger partial charge is 0.345 e. The van der Waals surface area contributed by atoms with Gasteiger partial charge in [-0.3, -0.25) is 0 Å². The molecular weight excluding hydrogens is 234 g/mol. The number of hydrogen-bond acceptors (Lipinski definition) is 2. The van der Waals surface area contributed by atoms with E-state index in [1.165, 1.54) is 0 Å². The minimum Gasteiger partial charge on any atom is -0.345 e. The molecule has 0 saturated heterocycles. The fraction of sp³-hybridized carbons (Fsp3) is 0.125. The van der Waals surface area contributed by atoms with Crippen LogP contribution in [0.25, 0.3) is 4.98 Å². The number of diazo groups is 1. The van der Waals surface area contributed by atoms with Crippen LogP contribution in [0.5, 0.6) is 0 Å². The van der Waals surface area contributed by atoms with Gasteiger partial charge in [-0.25, -0.2) is 0 Å². The van der Waals surface area contributed by atoms with Crippen LogP contribution in [0.15, 0.2) is 42.5 Å². The van der Waals surface area contributed by atoms with E-state index in [4.69, 9.17) is 11.8 Å². The minimum absolute atomic E-state index is 0.583. The summed E-state index contributed by atoms with van der Waals surface area (Å²) in [6.45, 7) is 1.91. The average Bonchev–Trinajstić information content (AvgIpc) is 2.46. The molecule has 0 spiro atoms. The third kappa shape index (κ3) is 2.56. The van der Waals surface area contributed by atoms with Gasteiger partial charge in [-0.05, 0) is 43.3 Å². The molecular formula is C16H14N3+. The molecule has 0 amide bonds. The molecule has 0 heterocycles. The van der Waals surface area contributed by atoms with E-state index in [2.05, 4.69) is 15.8 Å². The van der Waals surface area contributed by atoms with Gasteiger partial charge in [0.1, 0.15) is 0 Å². The summed E-state index contributed by atoms with van der Waals surface area (Å²) in [5.74, 6) is 2.60. The molecule has 0 saturated carbocycles. The Morgan fingerprint density at radius 1 is 1.11 bits per heavy atom. The Bertz CT molecular complexity index is 673. The van der Waals surface area contributed by atoms with Gasteiger partial charge in [-0.1, -0.05) is 5.92 Å². The zero-order chi connectivity index (χ0) is 13.8. The maximum absolute atomic E-state index is 8.82. The van der Waals surface area contributed by atoms with Gasteiger partial charge < -0.3 is 4.90 Å². The van der Waals surface area contributed by atoms with Crippen LogP contribution in [-0.2, 0) is 0 Å². The first kappa shape index (κ1) is 12.7. The third-order valence-corrected chi connectivity index (χ3v) is 3.10. The summed E-state index contributed by atoms with van der Waals surface area (Å²) in [6.07, 6.45) is 5.34. The highest BCUT2D eigenvalue weighted by Crippen LogP contribution is 2.28. The van der Waals surface area contributed by atoms with Crippen LogP contribution in [0.4, 0.5) is 17.1 Å². The Balaban J connectivity index is 2.33. The molecule has 2 aromatic rings. The maximum atomic E-state index is 8.82. The van der Waals surface area contributed by atoms with Crippen LogP contribution in [0, 0.1) is 24.7 Å². The third-order valence-electron chi connectivity index (χ3n) is 3.10. The molecule has 92 valence electrons. The van der Waals surface area contributed by atoms with E-state index in [1.807, 2.05) is 50.4 Å². The average molecular weight is 248 g/mol. The van der Waals surface area contributed by atoms with E-state index in [0.717, 1.165) is 22.5 Å². The summed E-state index contributed by atoms with van der Waals surface area (Å²) >= 11 is 0. The number of aryl methyl sites for hydroxylation is 1. The van der Waals surface area contributed by atoms with Gasteiger partial charge >= 0.3 is 5.69 Å². The number of nitrogens with zero attached hydrogens (tertiary/aromatic N) is 3. The molecule has 0 aliphatic heterocycles. The first-order chi connectivity index (χ1) is 9.15. The molecule has 0 fully saturated rings. The summed E-state index contributed by atoms with van der Waals surface area (Å²) in [7, 11) is 1.98. The molecule has 2 aromatic carbocycles. The van der Waals surface area contributed by atoms with Crippen molar-refractivity contribution in [2.75, 3.05) is 11.9 Å². The Kier molecular flexibility index (Phi) is 3.50.